The van der Waals surface area contributed by atoms with Crippen molar-refractivity contribution >= 4 is 30.5 Å². The highest BCUT2D eigenvalue weighted by molar-refractivity contribution is 7.80. The Kier molecular flexibility index (Phi) is 4.78. The molecule has 1 saturated carbocycles. The van der Waals surface area contributed by atoms with Crippen LogP contribution in [-0.2, 0) is 4.79 Å². The van der Waals surface area contributed by atoms with Gasteiger partial charge in [0, 0.05) is 23.0 Å². The average Bonchev–Trinajstić information content (AvgIpc) is 2.91. The number of rotatable bonds is 4. The monoisotopic (exact) mass is 351 g/mol. The van der Waals surface area contributed by atoms with Gasteiger partial charge in [-0.15, -0.1) is 13.7 Å². The second-order valence-corrected chi connectivity index (χ2v) is 12.0. The minimum Gasteiger partial charge on any atom is -0.322 e. The van der Waals surface area contributed by atoms with Crippen molar-refractivity contribution in [1.29, 1.82) is 0 Å². The highest BCUT2D eigenvalue weighted by Crippen LogP contribution is 2.80. The lowest BCUT2D eigenvalue weighted by Gasteiger charge is -2.52. The molecule has 1 saturated heterocycles. The van der Waals surface area contributed by atoms with Crippen LogP contribution in [-0.4, -0.2) is 23.4 Å². The van der Waals surface area contributed by atoms with E-state index in [0.29, 0.717) is 0 Å². The Morgan fingerprint density at radius 2 is 1.96 bits per heavy atom. The molecule has 0 aromatic heterocycles. The van der Waals surface area contributed by atoms with Gasteiger partial charge in [-0.2, -0.15) is 6.16 Å². The lowest BCUT2D eigenvalue weighted by atomic mass is 9.83. The number of benzene rings is 1. The van der Waals surface area contributed by atoms with Gasteiger partial charge in [-0.25, -0.2) is 0 Å². The van der Waals surface area contributed by atoms with Gasteiger partial charge in [0.1, 0.15) is 5.16 Å². The summed E-state index contributed by atoms with van der Waals surface area (Å²) >= 11 is 6.12. The summed E-state index contributed by atoms with van der Waals surface area (Å²) in [6, 6.07) is 3.87. The van der Waals surface area contributed by atoms with E-state index in [1.807, 2.05) is 26.0 Å². The smallest absolute Gasteiger partial charge is 0.265 e. The zero-order valence-corrected chi connectivity index (χ0v) is 16.1. The van der Waals surface area contributed by atoms with Gasteiger partial charge in [0.2, 0.25) is 0 Å². The van der Waals surface area contributed by atoms with E-state index in [0.717, 1.165) is 34.7 Å². The summed E-state index contributed by atoms with van der Waals surface area (Å²) in [4.78, 5) is 13.3. The van der Waals surface area contributed by atoms with Gasteiger partial charge >= 0.3 is 0 Å². The Hall–Kier alpha value is -0.590. The van der Waals surface area contributed by atoms with Gasteiger partial charge in [-0.05, 0) is 69.7 Å². The summed E-state index contributed by atoms with van der Waals surface area (Å²) in [6.45, 7) is 6.34. The summed E-state index contributed by atoms with van der Waals surface area (Å²) in [5.74, 6) is 0.269. The van der Waals surface area contributed by atoms with Crippen molar-refractivity contribution in [2.45, 2.75) is 58.0 Å². The maximum Gasteiger partial charge on any atom is 0.265 e. The van der Waals surface area contributed by atoms with Crippen molar-refractivity contribution in [1.82, 2.24) is 0 Å². The lowest BCUT2D eigenvalue weighted by Crippen LogP contribution is -2.51. The molecule has 1 aliphatic heterocycles. The predicted molar refractivity (Wildman–Crippen MR) is 102 cm³/mol. The van der Waals surface area contributed by atoms with Gasteiger partial charge in [0.15, 0.2) is 0 Å². The molecule has 23 heavy (non-hydrogen) atoms. The van der Waals surface area contributed by atoms with Crippen LogP contribution in [0.3, 0.4) is 0 Å². The quantitative estimate of drug-likeness (QED) is 0.538. The molecular formula is C19H27ClNOP. The Balaban J connectivity index is 1.90. The number of carbonyl (C=O) groups excluding carboxylic acids is 1. The molecule has 1 amide bonds. The van der Waals surface area contributed by atoms with Crippen LogP contribution in [0.2, 0.25) is 5.02 Å². The first kappa shape index (κ1) is 17.2. The fourth-order valence-corrected chi connectivity index (χ4v) is 10.1. The Labute approximate surface area is 145 Å². The van der Waals surface area contributed by atoms with E-state index in [4.69, 9.17) is 11.6 Å². The van der Waals surface area contributed by atoms with Crippen LogP contribution in [0.5, 0.6) is 0 Å². The molecule has 1 atom stereocenters. The Bertz CT molecular complexity index is 595. The summed E-state index contributed by atoms with van der Waals surface area (Å²) < 4.78 is 0. The van der Waals surface area contributed by atoms with E-state index in [1.165, 1.54) is 31.6 Å². The fraction of sp³-hybridized carbons (Fsp3) is 0.579. The maximum absolute atomic E-state index is 13.3. The third kappa shape index (κ3) is 2.72. The molecule has 1 unspecified atom stereocenters. The number of nitrogens with one attached hydrogen (secondary N) is 1. The first-order valence-corrected chi connectivity index (χ1v) is 11.3. The SMILES string of the molecule is CC[P+]1(C2(C(=O)Nc3c(C)cc(Cl)cc3C)CCC2)[CH-]CCC1. The predicted octanol–water partition coefficient (Wildman–Crippen LogP) is 5.81. The Morgan fingerprint density at radius 3 is 2.39 bits per heavy atom. The molecule has 0 bridgehead atoms. The standard InChI is InChI=1S/C19H27ClNOP/c1-4-23(10-5-6-11-23)19(8-7-9-19)18(22)21-17-14(2)12-16(20)13-15(17)3/h10,12-13H,4-9,11H2,1-3H3,(H,21,22). The molecule has 2 aliphatic rings. The molecular weight excluding hydrogens is 325 g/mol. The largest absolute Gasteiger partial charge is 0.322 e. The number of hydrogen-bond acceptors (Lipinski definition) is 1. The van der Waals surface area contributed by atoms with Crippen LogP contribution in [0.25, 0.3) is 0 Å². The lowest BCUT2D eigenvalue weighted by molar-refractivity contribution is -0.120. The molecule has 0 radical (unpaired) electrons. The van der Waals surface area contributed by atoms with E-state index >= 15 is 0 Å². The number of halogens is 1. The zero-order chi connectivity index (χ0) is 16.7. The van der Waals surface area contributed by atoms with Crippen LogP contribution in [0.4, 0.5) is 5.69 Å². The van der Waals surface area contributed by atoms with Crippen LogP contribution in [0.1, 0.15) is 50.2 Å². The first-order valence-electron chi connectivity index (χ1n) is 8.73. The molecule has 1 heterocycles. The molecule has 0 spiro atoms. The van der Waals surface area contributed by atoms with Crippen molar-refractivity contribution < 1.29 is 4.79 Å². The highest BCUT2D eigenvalue weighted by Gasteiger charge is 2.60. The van der Waals surface area contributed by atoms with Gasteiger partial charge < -0.3 is 5.32 Å². The maximum atomic E-state index is 13.3. The van der Waals surface area contributed by atoms with E-state index in [2.05, 4.69) is 18.4 Å². The van der Waals surface area contributed by atoms with Gasteiger partial charge in [-0.1, -0.05) is 11.6 Å². The zero-order valence-electron chi connectivity index (χ0n) is 14.4. The van der Waals surface area contributed by atoms with Gasteiger partial charge in [0.05, 0.1) is 0 Å². The van der Waals surface area contributed by atoms with E-state index < -0.39 is 7.26 Å². The third-order valence-electron chi connectivity index (χ3n) is 6.00. The number of aryl methyl sites for hydroxylation is 2. The highest BCUT2D eigenvalue weighted by atomic mass is 35.5. The fourth-order valence-electron chi connectivity index (χ4n) is 4.51. The molecule has 1 N–H and O–H groups in total. The molecule has 1 aromatic rings. The number of anilines is 1. The average molecular weight is 352 g/mol. The topological polar surface area (TPSA) is 29.1 Å². The summed E-state index contributed by atoms with van der Waals surface area (Å²) in [7, 11) is -1.26. The number of carbonyl (C=O) groups is 1. The van der Waals surface area contributed by atoms with Crippen LogP contribution < -0.4 is 5.32 Å². The van der Waals surface area contributed by atoms with Crippen LogP contribution >= 0.6 is 18.9 Å². The third-order valence-corrected chi connectivity index (χ3v) is 11.8. The molecule has 2 nitrogen and oxygen atoms in total. The molecule has 3 rings (SSSR count). The van der Waals surface area contributed by atoms with E-state index in [1.54, 1.807) is 0 Å². The van der Waals surface area contributed by atoms with E-state index in [9.17, 15) is 4.79 Å². The molecule has 2 fully saturated rings. The molecule has 1 aromatic carbocycles. The normalized spacial score (nSPS) is 25.9. The number of hydrogen-bond donors (Lipinski definition) is 1. The molecule has 126 valence electrons. The first-order chi connectivity index (χ1) is 10.9. The van der Waals surface area contributed by atoms with Crippen LogP contribution in [0.15, 0.2) is 12.1 Å². The van der Waals surface area contributed by atoms with Crippen molar-refractivity contribution in [2.75, 3.05) is 17.6 Å². The molecule has 1 aliphatic carbocycles. The Morgan fingerprint density at radius 1 is 1.30 bits per heavy atom. The van der Waals surface area contributed by atoms with Crippen molar-refractivity contribution in [3.05, 3.63) is 34.4 Å². The van der Waals surface area contributed by atoms with Crippen LogP contribution in [0, 0.1) is 20.0 Å². The minimum absolute atomic E-state index is 0.0865. The second-order valence-electron chi connectivity index (χ2n) is 7.15. The van der Waals surface area contributed by atoms with Gasteiger partial charge in [-0.3, -0.25) is 4.79 Å². The van der Waals surface area contributed by atoms with Crippen molar-refractivity contribution in [2.24, 2.45) is 0 Å². The minimum atomic E-state index is -1.26. The number of amides is 1. The molecule has 4 heteroatoms. The van der Waals surface area contributed by atoms with Gasteiger partial charge in [0.25, 0.3) is 5.91 Å². The van der Waals surface area contributed by atoms with E-state index in [-0.39, 0.29) is 11.1 Å². The van der Waals surface area contributed by atoms with Crippen molar-refractivity contribution in [3.8, 4) is 0 Å². The van der Waals surface area contributed by atoms with Crippen molar-refractivity contribution in [3.63, 3.8) is 0 Å². The summed E-state index contributed by atoms with van der Waals surface area (Å²) in [5, 5.41) is 3.94. The second kappa shape index (κ2) is 6.37. The summed E-state index contributed by atoms with van der Waals surface area (Å²) in [5.41, 5.74) is 3.06. The summed E-state index contributed by atoms with van der Waals surface area (Å²) in [6.07, 6.45) is 10.8.